The van der Waals surface area contributed by atoms with E-state index in [1.165, 1.54) is 25.8 Å². The van der Waals surface area contributed by atoms with E-state index in [0.29, 0.717) is 0 Å². The fourth-order valence-corrected chi connectivity index (χ4v) is 1.58. The zero-order valence-corrected chi connectivity index (χ0v) is 9.06. The predicted molar refractivity (Wildman–Crippen MR) is 55.5 cm³/mol. The van der Waals surface area contributed by atoms with Crippen LogP contribution in [0.4, 0.5) is 0 Å². The lowest BCUT2D eigenvalue weighted by atomic mass is 10.1. The normalized spacial score (nSPS) is 13.8. The van der Waals surface area contributed by atoms with Crippen LogP contribution in [0.5, 0.6) is 0 Å². The summed E-state index contributed by atoms with van der Waals surface area (Å²) in [5, 5.41) is 3.25. The Morgan fingerprint density at radius 3 is 2.33 bits per heavy atom. The third-order valence-electron chi connectivity index (χ3n) is 2.26. The van der Waals surface area contributed by atoms with Crippen LogP contribution in [0.3, 0.4) is 0 Å². The van der Waals surface area contributed by atoms with Crippen LogP contribution in [0.25, 0.3) is 0 Å². The molecule has 74 valence electrons. The summed E-state index contributed by atoms with van der Waals surface area (Å²) < 4.78 is 0. The predicted octanol–water partition coefficient (Wildman–Crippen LogP) is 1.72. The summed E-state index contributed by atoms with van der Waals surface area (Å²) >= 11 is 0. The van der Waals surface area contributed by atoms with Crippen LogP contribution in [0.1, 0.15) is 33.1 Å². The highest BCUT2D eigenvalue weighted by Crippen LogP contribution is 2.04. The van der Waals surface area contributed by atoms with Crippen molar-refractivity contribution in [2.75, 3.05) is 27.2 Å². The van der Waals surface area contributed by atoms with Gasteiger partial charge in [-0.2, -0.15) is 0 Å². The maximum Gasteiger partial charge on any atom is 0.0217 e. The third-order valence-corrected chi connectivity index (χ3v) is 2.26. The van der Waals surface area contributed by atoms with E-state index in [2.05, 4.69) is 31.1 Å². The molecule has 0 heterocycles. The van der Waals surface area contributed by atoms with Crippen LogP contribution in [0.2, 0.25) is 0 Å². The van der Waals surface area contributed by atoms with E-state index in [9.17, 15) is 0 Å². The molecule has 0 aliphatic carbocycles. The number of likely N-dealkylation sites (N-methyl/N-ethyl adjacent to an activating group) is 2. The molecule has 0 aliphatic rings. The van der Waals surface area contributed by atoms with Gasteiger partial charge in [-0.1, -0.05) is 20.3 Å². The van der Waals surface area contributed by atoms with Crippen molar-refractivity contribution in [3.8, 4) is 0 Å². The van der Waals surface area contributed by atoms with Crippen molar-refractivity contribution in [1.82, 2.24) is 10.2 Å². The van der Waals surface area contributed by atoms with Crippen molar-refractivity contribution in [2.24, 2.45) is 0 Å². The molecule has 0 spiro atoms. The quantitative estimate of drug-likeness (QED) is 0.629. The maximum absolute atomic E-state index is 3.25. The Labute approximate surface area is 77.3 Å². The van der Waals surface area contributed by atoms with Gasteiger partial charge in [-0.05, 0) is 33.5 Å². The Kier molecular flexibility index (Phi) is 7.51. The molecule has 0 aliphatic heterocycles. The zero-order valence-electron chi connectivity index (χ0n) is 9.06. The molecule has 1 unspecified atom stereocenters. The second kappa shape index (κ2) is 7.56. The molecule has 0 saturated heterocycles. The Hall–Kier alpha value is -0.0800. The van der Waals surface area contributed by atoms with Crippen LogP contribution in [0.15, 0.2) is 0 Å². The van der Waals surface area contributed by atoms with E-state index in [0.717, 1.165) is 12.6 Å². The molecule has 1 N–H and O–H groups in total. The molecule has 12 heavy (non-hydrogen) atoms. The molecule has 2 nitrogen and oxygen atoms in total. The van der Waals surface area contributed by atoms with Gasteiger partial charge in [0.25, 0.3) is 0 Å². The highest BCUT2D eigenvalue weighted by atomic mass is 15.1. The number of hydrogen-bond donors (Lipinski definition) is 1. The highest BCUT2D eigenvalue weighted by Gasteiger charge is 2.10. The van der Waals surface area contributed by atoms with Gasteiger partial charge in [-0.15, -0.1) is 0 Å². The first-order valence-corrected chi connectivity index (χ1v) is 5.11. The fourth-order valence-electron chi connectivity index (χ4n) is 1.58. The summed E-state index contributed by atoms with van der Waals surface area (Å²) in [6, 6.07) is 0.722. The van der Waals surface area contributed by atoms with E-state index in [-0.39, 0.29) is 0 Å². The summed E-state index contributed by atoms with van der Waals surface area (Å²) in [6.07, 6.45) is 3.83. The minimum absolute atomic E-state index is 0.722. The van der Waals surface area contributed by atoms with Crippen LogP contribution >= 0.6 is 0 Å². The minimum Gasteiger partial charge on any atom is -0.318 e. The second-order valence-electron chi connectivity index (χ2n) is 3.48. The van der Waals surface area contributed by atoms with Crippen LogP contribution in [0, 0.1) is 0 Å². The highest BCUT2D eigenvalue weighted by molar-refractivity contribution is 4.69. The lowest BCUT2D eigenvalue weighted by molar-refractivity contribution is 0.226. The maximum atomic E-state index is 3.25. The SMILES string of the molecule is CCCC(CNC)N(C)CCC. The first-order chi connectivity index (χ1) is 5.76. The standard InChI is InChI=1S/C10H24N2/c1-5-7-10(9-11-3)12(4)8-6-2/h10-11H,5-9H2,1-4H3. The number of hydrogen-bond acceptors (Lipinski definition) is 2. The van der Waals surface area contributed by atoms with Crippen LogP contribution in [-0.4, -0.2) is 38.1 Å². The van der Waals surface area contributed by atoms with Crippen molar-refractivity contribution in [2.45, 2.75) is 39.2 Å². The molecule has 0 fully saturated rings. The first-order valence-electron chi connectivity index (χ1n) is 5.11. The minimum atomic E-state index is 0.722. The van der Waals surface area contributed by atoms with Gasteiger partial charge >= 0.3 is 0 Å². The largest absolute Gasteiger partial charge is 0.318 e. The summed E-state index contributed by atoms with van der Waals surface area (Å²) in [4.78, 5) is 2.46. The Morgan fingerprint density at radius 2 is 1.92 bits per heavy atom. The topological polar surface area (TPSA) is 15.3 Å². The lowest BCUT2D eigenvalue weighted by Crippen LogP contribution is -2.39. The van der Waals surface area contributed by atoms with Gasteiger partial charge in [-0.25, -0.2) is 0 Å². The van der Waals surface area contributed by atoms with E-state index >= 15 is 0 Å². The number of nitrogens with zero attached hydrogens (tertiary/aromatic N) is 1. The zero-order chi connectivity index (χ0) is 9.40. The molecular formula is C10H24N2. The smallest absolute Gasteiger partial charge is 0.0217 e. The first kappa shape index (κ1) is 11.9. The molecule has 0 aromatic carbocycles. The molecular weight excluding hydrogens is 148 g/mol. The van der Waals surface area contributed by atoms with Crippen LogP contribution < -0.4 is 5.32 Å². The van der Waals surface area contributed by atoms with Gasteiger partial charge in [0.2, 0.25) is 0 Å². The van der Waals surface area contributed by atoms with E-state index in [4.69, 9.17) is 0 Å². The molecule has 0 aromatic rings. The lowest BCUT2D eigenvalue weighted by Gasteiger charge is -2.27. The van der Waals surface area contributed by atoms with Crippen molar-refractivity contribution in [3.05, 3.63) is 0 Å². The van der Waals surface area contributed by atoms with Gasteiger partial charge in [0.15, 0.2) is 0 Å². The van der Waals surface area contributed by atoms with Gasteiger partial charge < -0.3 is 10.2 Å². The van der Waals surface area contributed by atoms with Gasteiger partial charge in [-0.3, -0.25) is 0 Å². The van der Waals surface area contributed by atoms with Crippen molar-refractivity contribution in [3.63, 3.8) is 0 Å². The number of nitrogens with one attached hydrogen (secondary N) is 1. The van der Waals surface area contributed by atoms with E-state index in [1.807, 2.05) is 7.05 Å². The summed E-state index contributed by atoms with van der Waals surface area (Å²) in [5.74, 6) is 0. The molecule has 0 aromatic heterocycles. The Morgan fingerprint density at radius 1 is 1.25 bits per heavy atom. The molecule has 0 radical (unpaired) electrons. The number of rotatable bonds is 7. The third kappa shape index (κ3) is 4.73. The second-order valence-corrected chi connectivity index (χ2v) is 3.48. The Bertz CT molecular complexity index is 87.8. The van der Waals surface area contributed by atoms with Crippen LogP contribution in [-0.2, 0) is 0 Å². The average Bonchev–Trinajstić information content (AvgIpc) is 2.04. The van der Waals surface area contributed by atoms with Crippen molar-refractivity contribution in [1.29, 1.82) is 0 Å². The van der Waals surface area contributed by atoms with Crippen molar-refractivity contribution < 1.29 is 0 Å². The average molecular weight is 172 g/mol. The fraction of sp³-hybridized carbons (Fsp3) is 1.00. The van der Waals surface area contributed by atoms with Gasteiger partial charge in [0, 0.05) is 12.6 Å². The molecule has 0 amide bonds. The molecule has 2 heteroatoms. The monoisotopic (exact) mass is 172 g/mol. The summed E-state index contributed by atoms with van der Waals surface area (Å²) in [5.41, 5.74) is 0. The van der Waals surface area contributed by atoms with Crippen molar-refractivity contribution >= 4 is 0 Å². The molecule has 0 saturated carbocycles. The molecule has 0 bridgehead atoms. The molecule has 0 rings (SSSR count). The summed E-state index contributed by atoms with van der Waals surface area (Å²) in [7, 11) is 4.25. The van der Waals surface area contributed by atoms with E-state index < -0.39 is 0 Å². The van der Waals surface area contributed by atoms with Gasteiger partial charge in [0.1, 0.15) is 0 Å². The summed E-state index contributed by atoms with van der Waals surface area (Å²) in [6.45, 7) is 6.82. The molecule has 1 atom stereocenters. The Balaban J connectivity index is 3.72. The van der Waals surface area contributed by atoms with Gasteiger partial charge in [0.05, 0.1) is 0 Å². The van der Waals surface area contributed by atoms with E-state index in [1.54, 1.807) is 0 Å².